The molecule has 108 valence electrons. The molecule has 1 saturated carbocycles. The summed E-state index contributed by atoms with van der Waals surface area (Å²) in [6.07, 6.45) is 0. The van der Waals surface area contributed by atoms with Gasteiger partial charge in [-0.1, -0.05) is 44.0 Å². The largest absolute Gasteiger partial charge is 0.492 e. The summed E-state index contributed by atoms with van der Waals surface area (Å²) in [5.41, 5.74) is 2.30. The molecule has 1 fully saturated rings. The van der Waals surface area contributed by atoms with E-state index in [-0.39, 0.29) is 9.20 Å². The van der Waals surface area contributed by atoms with E-state index in [1.54, 1.807) is 7.11 Å². The van der Waals surface area contributed by atoms with Gasteiger partial charge in [0.25, 0.3) is 0 Å². The Balaban J connectivity index is 2.11. The molecule has 1 aliphatic heterocycles. The van der Waals surface area contributed by atoms with Crippen LogP contribution >= 0.6 is 31.9 Å². The Morgan fingerprint density at radius 1 is 1.45 bits per heavy atom. The smallest absolute Gasteiger partial charge is 0.342 e. The molecule has 4 nitrogen and oxygen atoms in total. The Hall–Kier alpha value is -0.590. The number of hydrogen-bond donors (Lipinski definition) is 0. The van der Waals surface area contributed by atoms with Crippen molar-refractivity contribution in [2.45, 2.75) is 15.8 Å². The summed E-state index contributed by atoms with van der Waals surface area (Å²) < 4.78 is 15.8. The van der Waals surface area contributed by atoms with Gasteiger partial charge < -0.3 is 14.2 Å². The maximum Gasteiger partial charge on any atom is 0.342 e. The minimum Gasteiger partial charge on any atom is -0.492 e. The molecular weight excluding hydrogens is 392 g/mol. The lowest BCUT2D eigenvalue weighted by molar-refractivity contribution is 0.0589. The second-order valence-electron chi connectivity index (χ2n) is 5.01. The number of carbonyl (C=O) groups is 1. The summed E-state index contributed by atoms with van der Waals surface area (Å²) in [7, 11) is 2.97. The molecule has 0 aromatic heterocycles. The van der Waals surface area contributed by atoms with Crippen LogP contribution in [-0.4, -0.2) is 30.0 Å². The summed E-state index contributed by atoms with van der Waals surface area (Å²) in [6, 6.07) is 3.92. The van der Waals surface area contributed by atoms with Gasteiger partial charge in [-0.15, -0.1) is 0 Å². The number of hydrogen-bond acceptors (Lipinski definition) is 4. The SMILES string of the molecule is COCc1ccc2c(c1C(=O)OC)OC[C@H]1[C@@H]2C1(Br)Br. The zero-order valence-electron chi connectivity index (χ0n) is 11.1. The number of benzene rings is 1. The van der Waals surface area contributed by atoms with Crippen LogP contribution in [0.1, 0.15) is 27.4 Å². The molecule has 1 aliphatic carbocycles. The van der Waals surface area contributed by atoms with Crippen molar-refractivity contribution in [1.29, 1.82) is 0 Å². The first kappa shape index (κ1) is 14.4. The van der Waals surface area contributed by atoms with Gasteiger partial charge in [0.05, 0.1) is 23.6 Å². The molecule has 6 heteroatoms. The number of methoxy groups -OCH3 is 2. The third-order valence-corrected chi connectivity index (χ3v) is 6.07. The van der Waals surface area contributed by atoms with Gasteiger partial charge in [0.15, 0.2) is 0 Å². The summed E-state index contributed by atoms with van der Waals surface area (Å²) in [5.74, 6) is 0.941. The second kappa shape index (κ2) is 5.00. The molecule has 0 unspecified atom stereocenters. The summed E-state index contributed by atoms with van der Waals surface area (Å²) in [5, 5.41) is 0. The molecule has 3 rings (SSSR count). The van der Waals surface area contributed by atoms with E-state index < -0.39 is 0 Å². The molecule has 1 aromatic carbocycles. The van der Waals surface area contributed by atoms with Crippen LogP contribution in [-0.2, 0) is 16.1 Å². The normalized spacial score (nSPS) is 25.2. The molecule has 20 heavy (non-hydrogen) atoms. The molecule has 1 aromatic rings. The first-order chi connectivity index (χ1) is 9.52. The number of halogens is 2. The second-order valence-corrected chi connectivity index (χ2v) is 8.70. The lowest BCUT2D eigenvalue weighted by atomic mass is 9.97. The molecule has 0 spiro atoms. The van der Waals surface area contributed by atoms with Gasteiger partial charge in [0.2, 0.25) is 0 Å². The third-order valence-electron chi connectivity index (χ3n) is 3.91. The number of alkyl halides is 2. The predicted octanol–water partition coefficient (Wildman–Crippen LogP) is 3.21. The Kier molecular flexibility index (Phi) is 3.59. The fraction of sp³-hybridized carbons (Fsp3) is 0.500. The third kappa shape index (κ3) is 2.00. The molecule has 0 amide bonds. The van der Waals surface area contributed by atoms with Crippen LogP contribution in [0.15, 0.2) is 12.1 Å². The van der Waals surface area contributed by atoms with Gasteiger partial charge in [-0.3, -0.25) is 0 Å². The first-order valence-electron chi connectivity index (χ1n) is 6.26. The molecule has 1 heterocycles. The van der Waals surface area contributed by atoms with Crippen LogP contribution in [0.2, 0.25) is 0 Å². The molecular formula is C14H14Br2O4. The minimum absolute atomic E-state index is 0.124. The molecule has 0 N–H and O–H groups in total. The topological polar surface area (TPSA) is 44.8 Å². The Labute approximate surface area is 134 Å². The van der Waals surface area contributed by atoms with E-state index in [9.17, 15) is 4.79 Å². The van der Waals surface area contributed by atoms with E-state index in [2.05, 4.69) is 31.9 Å². The number of fused-ring (bicyclic) bond motifs is 3. The summed E-state index contributed by atoms with van der Waals surface area (Å²) in [4.78, 5) is 12.1. The fourth-order valence-electron chi connectivity index (χ4n) is 2.84. The maximum atomic E-state index is 12.1. The van der Waals surface area contributed by atoms with Crippen LogP contribution < -0.4 is 4.74 Å². The monoisotopic (exact) mass is 404 g/mol. The lowest BCUT2D eigenvalue weighted by Gasteiger charge is -2.20. The zero-order chi connectivity index (χ0) is 14.5. The van der Waals surface area contributed by atoms with Crippen LogP contribution in [0, 0.1) is 5.92 Å². The van der Waals surface area contributed by atoms with Gasteiger partial charge in [0.1, 0.15) is 11.3 Å². The zero-order valence-corrected chi connectivity index (χ0v) is 14.3. The number of rotatable bonds is 3. The van der Waals surface area contributed by atoms with Gasteiger partial charge in [-0.25, -0.2) is 4.79 Å². The Morgan fingerprint density at radius 3 is 2.85 bits per heavy atom. The molecule has 2 aliphatic rings. The van der Waals surface area contributed by atoms with Crippen molar-refractivity contribution in [3.63, 3.8) is 0 Å². The molecule has 0 bridgehead atoms. The quantitative estimate of drug-likeness (QED) is 0.572. The maximum absolute atomic E-state index is 12.1. The number of esters is 1. The molecule has 2 atom stereocenters. The van der Waals surface area contributed by atoms with Crippen molar-refractivity contribution in [3.05, 3.63) is 28.8 Å². The van der Waals surface area contributed by atoms with Crippen molar-refractivity contribution in [1.82, 2.24) is 0 Å². The lowest BCUT2D eigenvalue weighted by Crippen LogP contribution is -2.16. The summed E-state index contributed by atoms with van der Waals surface area (Å²) >= 11 is 7.35. The highest BCUT2D eigenvalue weighted by Gasteiger charge is 2.65. The van der Waals surface area contributed by atoms with Crippen molar-refractivity contribution < 1.29 is 19.0 Å². The van der Waals surface area contributed by atoms with Crippen molar-refractivity contribution in [3.8, 4) is 5.75 Å². The van der Waals surface area contributed by atoms with E-state index in [1.165, 1.54) is 7.11 Å². The highest BCUT2D eigenvalue weighted by molar-refractivity contribution is 9.25. The van der Waals surface area contributed by atoms with Crippen LogP contribution in [0.25, 0.3) is 0 Å². The van der Waals surface area contributed by atoms with Crippen molar-refractivity contribution in [2.24, 2.45) is 5.92 Å². The highest BCUT2D eigenvalue weighted by atomic mass is 79.9. The minimum atomic E-state index is -0.386. The van der Waals surface area contributed by atoms with Gasteiger partial charge in [-0.05, 0) is 5.56 Å². The van der Waals surface area contributed by atoms with Gasteiger partial charge in [-0.2, -0.15) is 0 Å². The van der Waals surface area contributed by atoms with Crippen molar-refractivity contribution >= 4 is 37.8 Å². The van der Waals surface area contributed by atoms with Crippen LogP contribution in [0.4, 0.5) is 0 Å². The van der Waals surface area contributed by atoms with E-state index >= 15 is 0 Å². The fourth-order valence-corrected chi connectivity index (χ4v) is 4.50. The standard InChI is InChI=1S/C14H14Br2O4/c1-18-5-7-3-4-8-11-9(14(11,15)16)6-20-12(8)10(7)13(17)19-2/h3-4,9,11H,5-6H2,1-2H3/t9-,11+/m0/s1. The van der Waals surface area contributed by atoms with Gasteiger partial charge in [0, 0.05) is 24.5 Å². The molecule has 0 saturated heterocycles. The first-order valence-corrected chi connectivity index (χ1v) is 7.84. The van der Waals surface area contributed by atoms with Gasteiger partial charge >= 0.3 is 5.97 Å². The van der Waals surface area contributed by atoms with Crippen LogP contribution in [0.5, 0.6) is 5.75 Å². The molecule has 0 radical (unpaired) electrons. The average Bonchev–Trinajstić information content (AvgIpc) is 3.00. The predicted molar refractivity (Wildman–Crippen MR) is 80.8 cm³/mol. The highest BCUT2D eigenvalue weighted by Crippen LogP contribution is 2.70. The Morgan fingerprint density at radius 2 is 2.20 bits per heavy atom. The number of ether oxygens (including phenoxy) is 3. The summed E-state index contributed by atoms with van der Waals surface area (Å²) in [6.45, 7) is 0.928. The number of carbonyl (C=O) groups excluding carboxylic acids is 1. The van der Waals surface area contributed by atoms with E-state index in [1.807, 2.05) is 12.1 Å². The van der Waals surface area contributed by atoms with Crippen LogP contribution in [0.3, 0.4) is 0 Å². The van der Waals surface area contributed by atoms with E-state index in [4.69, 9.17) is 14.2 Å². The average molecular weight is 406 g/mol. The van der Waals surface area contributed by atoms with E-state index in [0.29, 0.717) is 36.4 Å². The van der Waals surface area contributed by atoms with Crippen molar-refractivity contribution in [2.75, 3.05) is 20.8 Å². The Bertz CT molecular complexity index is 571. The van der Waals surface area contributed by atoms with E-state index in [0.717, 1.165) is 11.1 Å².